The number of hydrogen-bond donors (Lipinski definition) is 0. The Kier molecular flexibility index (Phi) is 6.79. The largest absolute Gasteiger partial charge is 0.488 e. The highest BCUT2D eigenvalue weighted by Gasteiger charge is 2.36. The molecule has 29 heavy (non-hydrogen) atoms. The van der Waals surface area contributed by atoms with E-state index in [9.17, 15) is 18.0 Å². The summed E-state index contributed by atoms with van der Waals surface area (Å²) in [5.74, 6) is -0.760. The number of esters is 1. The lowest BCUT2D eigenvalue weighted by atomic mass is 10.0. The molecule has 0 bridgehead atoms. The van der Waals surface area contributed by atoms with Crippen molar-refractivity contribution in [2.45, 2.75) is 38.6 Å². The van der Waals surface area contributed by atoms with Crippen LogP contribution >= 0.6 is 0 Å². The molecule has 1 fully saturated rings. The first kappa shape index (κ1) is 21.2. The van der Waals surface area contributed by atoms with Crippen molar-refractivity contribution >= 4 is 5.97 Å². The van der Waals surface area contributed by atoms with Gasteiger partial charge in [-0.25, -0.2) is 4.79 Å². The van der Waals surface area contributed by atoms with E-state index >= 15 is 0 Å². The molecule has 0 radical (unpaired) electrons. The molecule has 2 aromatic carbocycles. The zero-order valence-electron chi connectivity index (χ0n) is 16.3. The molecule has 3 rings (SSSR count). The van der Waals surface area contributed by atoms with Crippen molar-refractivity contribution in [1.29, 1.82) is 0 Å². The maximum Gasteiger partial charge on any atom is 0.416 e. The van der Waals surface area contributed by atoms with E-state index in [-0.39, 0.29) is 30.0 Å². The molecule has 1 heterocycles. The summed E-state index contributed by atoms with van der Waals surface area (Å²) in [6.45, 7) is 1.82. The third kappa shape index (κ3) is 5.50. The Bertz CT molecular complexity index is 831. The van der Waals surface area contributed by atoms with Gasteiger partial charge < -0.3 is 9.47 Å². The topological polar surface area (TPSA) is 38.8 Å². The molecule has 0 amide bonds. The lowest BCUT2D eigenvalue weighted by Gasteiger charge is -2.28. The number of piperidine rings is 1. The van der Waals surface area contributed by atoms with Crippen LogP contribution in [0, 0.1) is 0 Å². The Morgan fingerprint density at radius 2 is 1.76 bits per heavy atom. The van der Waals surface area contributed by atoms with E-state index < -0.39 is 17.7 Å². The van der Waals surface area contributed by atoms with Gasteiger partial charge in [0.2, 0.25) is 0 Å². The lowest BCUT2D eigenvalue weighted by Crippen LogP contribution is -2.30. The van der Waals surface area contributed by atoms with Gasteiger partial charge >= 0.3 is 12.1 Å². The summed E-state index contributed by atoms with van der Waals surface area (Å²) >= 11 is 0. The quantitative estimate of drug-likeness (QED) is 0.628. The number of alkyl halides is 3. The van der Waals surface area contributed by atoms with Crippen molar-refractivity contribution < 1.29 is 27.4 Å². The normalized spacial score (nSPS) is 15.2. The fourth-order valence-corrected chi connectivity index (χ4v) is 3.50. The standard InChI is InChI=1S/C22H24F3NO3/c1-28-21(27)18-13-19(22(23,24)25)17(14-26-10-6-3-7-11-26)12-20(18)29-15-16-8-4-2-5-9-16/h2,4-5,8-9,12-13H,3,6-7,10-11,14-15H2,1H3. The summed E-state index contributed by atoms with van der Waals surface area (Å²) in [6, 6.07) is 11.4. The molecule has 0 aliphatic carbocycles. The highest BCUT2D eigenvalue weighted by atomic mass is 19.4. The zero-order valence-corrected chi connectivity index (χ0v) is 16.3. The Hall–Kier alpha value is -2.54. The molecular formula is C22H24F3NO3. The highest BCUT2D eigenvalue weighted by molar-refractivity contribution is 5.93. The van der Waals surface area contributed by atoms with Gasteiger partial charge in [-0.2, -0.15) is 13.2 Å². The molecule has 0 unspecified atom stereocenters. The van der Waals surface area contributed by atoms with Crippen molar-refractivity contribution in [3.05, 3.63) is 64.7 Å². The maximum absolute atomic E-state index is 13.7. The molecule has 1 aliphatic heterocycles. The summed E-state index contributed by atoms with van der Waals surface area (Å²) in [7, 11) is 1.14. The summed E-state index contributed by atoms with van der Waals surface area (Å²) in [6.07, 6.45) is -1.54. The summed E-state index contributed by atoms with van der Waals surface area (Å²) < 4.78 is 51.6. The molecule has 0 saturated carbocycles. The Balaban J connectivity index is 1.96. The van der Waals surface area contributed by atoms with Crippen molar-refractivity contribution in [2.75, 3.05) is 20.2 Å². The third-order valence-corrected chi connectivity index (χ3v) is 5.00. The SMILES string of the molecule is COC(=O)c1cc(C(F)(F)F)c(CN2CCCCC2)cc1OCc1ccccc1. The fraction of sp³-hybridized carbons (Fsp3) is 0.409. The number of ether oxygens (including phenoxy) is 2. The second-order valence-corrected chi connectivity index (χ2v) is 7.11. The van der Waals surface area contributed by atoms with Crippen molar-refractivity contribution in [2.24, 2.45) is 0 Å². The van der Waals surface area contributed by atoms with Crippen LogP contribution in [0.4, 0.5) is 13.2 Å². The van der Waals surface area contributed by atoms with Crippen molar-refractivity contribution in [3.63, 3.8) is 0 Å². The minimum Gasteiger partial charge on any atom is -0.488 e. The van der Waals surface area contributed by atoms with E-state index in [0.717, 1.165) is 51.1 Å². The summed E-state index contributed by atoms with van der Waals surface area (Å²) in [4.78, 5) is 14.2. The van der Waals surface area contributed by atoms with Crippen LogP contribution in [0.25, 0.3) is 0 Å². The maximum atomic E-state index is 13.7. The van der Waals surface area contributed by atoms with Gasteiger partial charge in [0, 0.05) is 6.54 Å². The molecule has 4 nitrogen and oxygen atoms in total. The van der Waals surface area contributed by atoms with Crippen LogP contribution < -0.4 is 4.74 Å². The van der Waals surface area contributed by atoms with Crippen molar-refractivity contribution in [3.8, 4) is 5.75 Å². The minimum atomic E-state index is -4.58. The second kappa shape index (κ2) is 9.31. The molecule has 1 saturated heterocycles. The van der Waals surface area contributed by atoms with E-state index in [1.807, 2.05) is 35.2 Å². The van der Waals surface area contributed by atoms with Crippen LogP contribution in [0.15, 0.2) is 42.5 Å². The van der Waals surface area contributed by atoms with Gasteiger partial charge in [0.05, 0.1) is 12.7 Å². The Morgan fingerprint density at radius 3 is 2.38 bits per heavy atom. The first-order valence-electron chi connectivity index (χ1n) is 9.60. The smallest absolute Gasteiger partial charge is 0.416 e. The molecule has 0 atom stereocenters. The molecule has 0 aromatic heterocycles. The van der Waals surface area contributed by atoms with Gasteiger partial charge in [0.1, 0.15) is 17.9 Å². The second-order valence-electron chi connectivity index (χ2n) is 7.11. The van der Waals surface area contributed by atoms with E-state index in [1.54, 1.807) is 0 Å². The predicted molar refractivity (Wildman–Crippen MR) is 103 cm³/mol. The number of hydrogen-bond acceptors (Lipinski definition) is 4. The first-order chi connectivity index (χ1) is 13.9. The van der Waals surface area contributed by atoms with E-state index in [1.165, 1.54) is 6.07 Å². The number of carbonyl (C=O) groups is 1. The fourth-order valence-electron chi connectivity index (χ4n) is 3.50. The average molecular weight is 407 g/mol. The van der Waals surface area contributed by atoms with Gasteiger partial charge in [0.15, 0.2) is 0 Å². The average Bonchev–Trinajstić information content (AvgIpc) is 2.72. The van der Waals surface area contributed by atoms with Gasteiger partial charge in [-0.15, -0.1) is 0 Å². The zero-order chi connectivity index (χ0) is 20.9. The number of rotatable bonds is 6. The number of carbonyl (C=O) groups excluding carboxylic acids is 1. The summed E-state index contributed by atoms with van der Waals surface area (Å²) in [5, 5.41) is 0. The highest BCUT2D eigenvalue weighted by Crippen LogP contribution is 2.37. The van der Waals surface area contributed by atoms with Gasteiger partial charge in [-0.3, -0.25) is 4.90 Å². The molecular weight excluding hydrogens is 383 g/mol. The summed E-state index contributed by atoms with van der Waals surface area (Å²) in [5.41, 5.74) is -0.0930. The molecule has 2 aromatic rings. The Morgan fingerprint density at radius 1 is 1.07 bits per heavy atom. The number of nitrogens with zero attached hydrogens (tertiary/aromatic N) is 1. The lowest BCUT2D eigenvalue weighted by molar-refractivity contribution is -0.138. The van der Waals surface area contributed by atoms with E-state index in [2.05, 4.69) is 4.74 Å². The van der Waals surface area contributed by atoms with E-state index in [0.29, 0.717) is 0 Å². The van der Waals surface area contributed by atoms with Crippen molar-refractivity contribution in [1.82, 2.24) is 4.90 Å². The molecule has 0 spiro atoms. The van der Waals surface area contributed by atoms with Crippen LogP contribution in [-0.4, -0.2) is 31.1 Å². The molecule has 0 N–H and O–H groups in total. The molecule has 7 heteroatoms. The molecule has 1 aliphatic rings. The number of halogens is 3. The first-order valence-corrected chi connectivity index (χ1v) is 9.60. The van der Waals surface area contributed by atoms with Gasteiger partial charge in [-0.05, 0) is 49.2 Å². The number of benzene rings is 2. The van der Waals surface area contributed by atoms with E-state index in [4.69, 9.17) is 4.74 Å². The Labute approximate surface area is 168 Å². The molecule has 156 valence electrons. The van der Waals surface area contributed by atoms with Crippen LogP contribution in [0.2, 0.25) is 0 Å². The predicted octanol–water partition coefficient (Wildman–Crippen LogP) is 5.06. The number of likely N-dealkylation sites (tertiary alicyclic amines) is 1. The van der Waals surface area contributed by atoms with Gasteiger partial charge in [-0.1, -0.05) is 36.8 Å². The van der Waals surface area contributed by atoms with Crippen LogP contribution in [0.5, 0.6) is 5.75 Å². The van der Waals surface area contributed by atoms with Crippen LogP contribution in [-0.2, 0) is 24.1 Å². The number of methoxy groups -OCH3 is 1. The third-order valence-electron chi connectivity index (χ3n) is 5.00. The minimum absolute atomic E-state index is 0.0979. The monoisotopic (exact) mass is 407 g/mol. The van der Waals surface area contributed by atoms with Crippen LogP contribution in [0.1, 0.15) is 46.3 Å². The van der Waals surface area contributed by atoms with Crippen LogP contribution in [0.3, 0.4) is 0 Å². The van der Waals surface area contributed by atoms with Gasteiger partial charge in [0.25, 0.3) is 0 Å².